The number of fused-ring (bicyclic) bond motifs is 1. The standard InChI is InChI=1S/C19H18FN3/c1-12-19(15-3-6-16(20)7-4-15)13(2)23(22-12)17-8-5-14-9-10-21-18(14)11-17/h3-8,11,21H,9-10H2,1-2H3. The minimum Gasteiger partial charge on any atom is -0.384 e. The van der Waals surface area contributed by atoms with Crippen LogP contribution in [-0.2, 0) is 6.42 Å². The molecule has 0 aliphatic carbocycles. The molecule has 23 heavy (non-hydrogen) atoms. The molecule has 0 saturated carbocycles. The van der Waals surface area contributed by atoms with E-state index in [0.717, 1.165) is 41.2 Å². The van der Waals surface area contributed by atoms with Gasteiger partial charge in [0.1, 0.15) is 5.82 Å². The summed E-state index contributed by atoms with van der Waals surface area (Å²) in [5, 5.41) is 8.11. The average Bonchev–Trinajstić information content (AvgIpc) is 3.12. The van der Waals surface area contributed by atoms with Crippen molar-refractivity contribution >= 4 is 5.69 Å². The number of hydrogen-bond acceptors (Lipinski definition) is 2. The van der Waals surface area contributed by atoms with Crippen LogP contribution in [0.3, 0.4) is 0 Å². The van der Waals surface area contributed by atoms with Crippen LogP contribution in [0.5, 0.6) is 0 Å². The zero-order valence-corrected chi connectivity index (χ0v) is 13.2. The van der Waals surface area contributed by atoms with E-state index in [-0.39, 0.29) is 5.82 Å². The van der Waals surface area contributed by atoms with Crippen LogP contribution in [0.25, 0.3) is 16.8 Å². The van der Waals surface area contributed by atoms with Crippen molar-refractivity contribution in [2.75, 3.05) is 11.9 Å². The van der Waals surface area contributed by atoms with Crippen molar-refractivity contribution < 1.29 is 4.39 Å². The molecule has 1 aliphatic heterocycles. The molecule has 1 aromatic heterocycles. The number of benzene rings is 2. The summed E-state index contributed by atoms with van der Waals surface area (Å²) < 4.78 is 15.1. The first-order chi connectivity index (χ1) is 11.1. The van der Waals surface area contributed by atoms with Crippen molar-refractivity contribution in [2.24, 2.45) is 0 Å². The molecule has 0 amide bonds. The van der Waals surface area contributed by atoms with Crippen LogP contribution < -0.4 is 5.32 Å². The molecule has 0 saturated heterocycles. The van der Waals surface area contributed by atoms with Gasteiger partial charge in [0.2, 0.25) is 0 Å². The second-order valence-electron chi connectivity index (χ2n) is 5.98. The van der Waals surface area contributed by atoms with Gasteiger partial charge in [-0.3, -0.25) is 0 Å². The zero-order valence-electron chi connectivity index (χ0n) is 13.2. The number of anilines is 1. The van der Waals surface area contributed by atoms with Crippen molar-refractivity contribution in [3.8, 4) is 16.8 Å². The Hall–Kier alpha value is -2.62. The quantitative estimate of drug-likeness (QED) is 0.766. The molecule has 2 heterocycles. The van der Waals surface area contributed by atoms with E-state index in [2.05, 4.69) is 30.4 Å². The maximum Gasteiger partial charge on any atom is 0.123 e. The van der Waals surface area contributed by atoms with Gasteiger partial charge in [0.05, 0.1) is 11.4 Å². The first-order valence-corrected chi connectivity index (χ1v) is 7.83. The highest BCUT2D eigenvalue weighted by Crippen LogP contribution is 2.31. The minimum atomic E-state index is -0.221. The highest BCUT2D eigenvalue weighted by atomic mass is 19.1. The molecule has 3 nitrogen and oxygen atoms in total. The van der Waals surface area contributed by atoms with Crippen LogP contribution in [0, 0.1) is 19.7 Å². The Bertz CT molecular complexity index is 878. The lowest BCUT2D eigenvalue weighted by molar-refractivity contribution is 0.628. The normalized spacial score (nSPS) is 13.0. The van der Waals surface area contributed by atoms with Gasteiger partial charge in [0, 0.05) is 23.5 Å². The fourth-order valence-corrected chi connectivity index (χ4v) is 3.34. The number of aromatic nitrogens is 2. The highest BCUT2D eigenvalue weighted by Gasteiger charge is 2.16. The fraction of sp³-hybridized carbons (Fsp3) is 0.211. The zero-order chi connectivity index (χ0) is 16.0. The summed E-state index contributed by atoms with van der Waals surface area (Å²) in [5.41, 5.74) is 7.67. The van der Waals surface area contributed by atoms with Gasteiger partial charge in [0.15, 0.2) is 0 Å². The van der Waals surface area contributed by atoms with Crippen molar-refractivity contribution in [3.05, 3.63) is 65.2 Å². The van der Waals surface area contributed by atoms with Crippen LogP contribution in [-0.4, -0.2) is 16.3 Å². The largest absolute Gasteiger partial charge is 0.384 e. The van der Waals surface area contributed by atoms with E-state index in [0.29, 0.717) is 0 Å². The van der Waals surface area contributed by atoms with Gasteiger partial charge in [0.25, 0.3) is 0 Å². The van der Waals surface area contributed by atoms with Gasteiger partial charge in [-0.05, 0) is 55.7 Å². The molecule has 1 N–H and O–H groups in total. The molecule has 0 radical (unpaired) electrons. The molecule has 4 heteroatoms. The highest BCUT2D eigenvalue weighted by molar-refractivity contribution is 5.70. The number of nitrogens with one attached hydrogen (secondary N) is 1. The molecule has 0 spiro atoms. The lowest BCUT2D eigenvalue weighted by Gasteiger charge is -2.08. The van der Waals surface area contributed by atoms with Crippen LogP contribution in [0.2, 0.25) is 0 Å². The van der Waals surface area contributed by atoms with Crippen molar-refractivity contribution in [3.63, 3.8) is 0 Å². The van der Waals surface area contributed by atoms with Gasteiger partial charge in [-0.2, -0.15) is 5.10 Å². The Labute approximate surface area is 134 Å². The summed E-state index contributed by atoms with van der Waals surface area (Å²) in [6, 6.07) is 13.0. The third kappa shape index (κ3) is 2.31. The van der Waals surface area contributed by atoms with Crippen LogP contribution in [0.1, 0.15) is 17.0 Å². The Morgan fingerprint density at radius 2 is 1.87 bits per heavy atom. The molecule has 3 aromatic rings. The summed E-state index contributed by atoms with van der Waals surface area (Å²) in [6.07, 6.45) is 1.08. The minimum absolute atomic E-state index is 0.221. The van der Waals surface area contributed by atoms with E-state index >= 15 is 0 Å². The van der Waals surface area contributed by atoms with Crippen molar-refractivity contribution in [1.29, 1.82) is 0 Å². The Morgan fingerprint density at radius 3 is 2.65 bits per heavy atom. The van der Waals surface area contributed by atoms with Crippen molar-refractivity contribution in [1.82, 2.24) is 9.78 Å². The third-order valence-corrected chi connectivity index (χ3v) is 4.47. The summed E-state index contributed by atoms with van der Waals surface area (Å²) in [7, 11) is 0. The van der Waals surface area contributed by atoms with Gasteiger partial charge in [-0.1, -0.05) is 18.2 Å². The molecule has 0 unspecified atom stereocenters. The molecular formula is C19H18FN3. The maximum atomic E-state index is 13.2. The molecule has 0 atom stereocenters. The molecule has 116 valence electrons. The Kier molecular flexibility index (Phi) is 3.18. The average molecular weight is 307 g/mol. The summed E-state index contributed by atoms with van der Waals surface area (Å²) in [6.45, 7) is 5.05. The fourth-order valence-electron chi connectivity index (χ4n) is 3.34. The second kappa shape index (κ2) is 5.23. The predicted molar refractivity (Wildman–Crippen MR) is 90.6 cm³/mol. The number of aryl methyl sites for hydroxylation is 1. The summed E-state index contributed by atoms with van der Waals surface area (Å²) in [5.74, 6) is -0.221. The van der Waals surface area contributed by atoms with Crippen LogP contribution >= 0.6 is 0 Å². The van der Waals surface area contributed by atoms with E-state index < -0.39 is 0 Å². The van der Waals surface area contributed by atoms with Gasteiger partial charge in [-0.25, -0.2) is 9.07 Å². The summed E-state index contributed by atoms with van der Waals surface area (Å²) >= 11 is 0. The molecule has 0 fully saturated rings. The van der Waals surface area contributed by atoms with E-state index in [1.165, 1.54) is 23.4 Å². The lowest BCUT2D eigenvalue weighted by atomic mass is 10.0. The topological polar surface area (TPSA) is 29.9 Å². The van der Waals surface area contributed by atoms with Gasteiger partial charge >= 0.3 is 0 Å². The van der Waals surface area contributed by atoms with E-state index in [9.17, 15) is 4.39 Å². The predicted octanol–water partition coefficient (Wildman–Crippen LogP) is 4.26. The number of hydrogen-bond donors (Lipinski definition) is 1. The maximum absolute atomic E-state index is 13.2. The van der Waals surface area contributed by atoms with E-state index in [4.69, 9.17) is 5.10 Å². The van der Waals surface area contributed by atoms with Gasteiger partial charge in [-0.15, -0.1) is 0 Å². The number of nitrogens with zero attached hydrogens (tertiary/aromatic N) is 2. The number of halogens is 1. The SMILES string of the molecule is Cc1nn(-c2ccc3c(c2)NCC3)c(C)c1-c1ccc(F)cc1. The molecule has 2 aromatic carbocycles. The van der Waals surface area contributed by atoms with Crippen LogP contribution in [0.15, 0.2) is 42.5 Å². The lowest BCUT2D eigenvalue weighted by Crippen LogP contribution is -2.00. The first kappa shape index (κ1) is 14.0. The Balaban J connectivity index is 1.82. The molecule has 1 aliphatic rings. The smallest absolute Gasteiger partial charge is 0.123 e. The molecule has 0 bridgehead atoms. The second-order valence-corrected chi connectivity index (χ2v) is 5.98. The summed E-state index contributed by atoms with van der Waals surface area (Å²) in [4.78, 5) is 0. The monoisotopic (exact) mass is 307 g/mol. The Morgan fingerprint density at radius 1 is 1.09 bits per heavy atom. The van der Waals surface area contributed by atoms with E-state index in [1.807, 2.05) is 11.6 Å². The molecular weight excluding hydrogens is 289 g/mol. The first-order valence-electron chi connectivity index (χ1n) is 7.83. The van der Waals surface area contributed by atoms with Crippen molar-refractivity contribution in [2.45, 2.75) is 20.3 Å². The van der Waals surface area contributed by atoms with E-state index in [1.54, 1.807) is 12.1 Å². The third-order valence-electron chi connectivity index (χ3n) is 4.47. The van der Waals surface area contributed by atoms with Crippen LogP contribution in [0.4, 0.5) is 10.1 Å². The number of rotatable bonds is 2. The molecule has 4 rings (SSSR count). The van der Waals surface area contributed by atoms with Gasteiger partial charge < -0.3 is 5.32 Å².